The molecule has 0 radical (unpaired) electrons. The molecule has 214 valence electrons. The lowest BCUT2D eigenvalue weighted by atomic mass is 10.0. The van der Waals surface area contributed by atoms with Crippen LogP contribution in [0.4, 0.5) is 0 Å². The molecule has 0 amide bonds. The molecule has 0 saturated heterocycles. The van der Waals surface area contributed by atoms with E-state index in [4.69, 9.17) is 4.74 Å². The van der Waals surface area contributed by atoms with E-state index in [1.165, 1.54) is 103 Å². The van der Waals surface area contributed by atoms with Crippen LogP contribution in [0.5, 0.6) is 0 Å². The van der Waals surface area contributed by atoms with Gasteiger partial charge >= 0.3 is 5.97 Å². The van der Waals surface area contributed by atoms with Gasteiger partial charge in [-0.15, -0.1) is 0 Å². The molecule has 0 aliphatic heterocycles. The molecule has 0 atom stereocenters. The fraction of sp³-hybridized carbons (Fsp3) is 0.743. The average Bonchev–Trinajstić information content (AvgIpc) is 2.90. The predicted molar refractivity (Wildman–Crippen MR) is 165 cm³/mol. The van der Waals surface area contributed by atoms with Crippen molar-refractivity contribution >= 4 is 5.97 Å². The van der Waals surface area contributed by atoms with E-state index in [9.17, 15) is 4.79 Å². The zero-order valence-electron chi connectivity index (χ0n) is 24.9. The third-order valence-electron chi connectivity index (χ3n) is 6.72. The van der Waals surface area contributed by atoms with Crippen LogP contribution in [-0.4, -0.2) is 12.6 Å². The van der Waals surface area contributed by atoms with E-state index < -0.39 is 0 Å². The first-order chi connectivity index (χ1) is 18.3. The van der Waals surface area contributed by atoms with Crippen molar-refractivity contribution in [2.75, 3.05) is 6.61 Å². The van der Waals surface area contributed by atoms with Gasteiger partial charge in [0.1, 0.15) is 0 Å². The minimum absolute atomic E-state index is 0.0326. The lowest BCUT2D eigenvalue weighted by Gasteiger charge is -2.05. The Labute approximate surface area is 232 Å². The fourth-order valence-electron chi connectivity index (χ4n) is 4.30. The molecule has 37 heavy (non-hydrogen) atoms. The molecule has 0 unspecified atom stereocenters. The van der Waals surface area contributed by atoms with Crippen molar-refractivity contribution in [1.82, 2.24) is 0 Å². The van der Waals surface area contributed by atoms with Gasteiger partial charge in [-0.05, 0) is 51.4 Å². The Bertz CT molecular complexity index is 570. The minimum atomic E-state index is -0.0326. The lowest BCUT2D eigenvalue weighted by molar-refractivity contribution is -0.143. The SMILES string of the molecule is CCCCC/C=C\C/C=C\C/C=C\C/C=C\CCCC(=O)OCCCCCCCCCCCCCCC. The number of esters is 1. The van der Waals surface area contributed by atoms with E-state index in [0.29, 0.717) is 13.0 Å². The van der Waals surface area contributed by atoms with Crippen molar-refractivity contribution in [2.45, 2.75) is 162 Å². The third kappa shape index (κ3) is 32.4. The third-order valence-corrected chi connectivity index (χ3v) is 6.72. The van der Waals surface area contributed by atoms with Gasteiger partial charge in [0, 0.05) is 6.42 Å². The van der Waals surface area contributed by atoms with E-state index in [1.807, 2.05) is 0 Å². The maximum absolute atomic E-state index is 11.9. The van der Waals surface area contributed by atoms with Gasteiger partial charge in [0.25, 0.3) is 0 Å². The van der Waals surface area contributed by atoms with Crippen LogP contribution < -0.4 is 0 Å². The monoisotopic (exact) mass is 514 g/mol. The molecule has 0 rings (SSSR count). The van der Waals surface area contributed by atoms with Gasteiger partial charge in [-0.3, -0.25) is 4.79 Å². The summed E-state index contributed by atoms with van der Waals surface area (Å²) in [5.74, 6) is -0.0326. The topological polar surface area (TPSA) is 26.3 Å². The van der Waals surface area contributed by atoms with Crippen molar-refractivity contribution in [2.24, 2.45) is 0 Å². The lowest BCUT2D eigenvalue weighted by Crippen LogP contribution is -2.05. The quantitative estimate of drug-likeness (QED) is 0.0589. The number of carbonyl (C=O) groups is 1. The highest BCUT2D eigenvalue weighted by atomic mass is 16.5. The smallest absolute Gasteiger partial charge is 0.305 e. The molecule has 0 aromatic heterocycles. The Balaban J connectivity index is 3.36. The molecular weight excluding hydrogens is 452 g/mol. The second-order valence-electron chi connectivity index (χ2n) is 10.4. The highest BCUT2D eigenvalue weighted by Gasteiger charge is 2.01. The Hall–Kier alpha value is -1.57. The van der Waals surface area contributed by atoms with E-state index in [0.717, 1.165) is 38.5 Å². The Morgan fingerprint density at radius 1 is 0.459 bits per heavy atom. The van der Waals surface area contributed by atoms with Crippen LogP contribution in [0.1, 0.15) is 162 Å². The zero-order chi connectivity index (χ0) is 26.9. The van der Waals surface area contributed by atoms with Gasteiger partial charge in [0.15, 0.2) is 0 Å². The normalized spacial score (nSPS) is 12.2. The number of hydrogen-bond acceptors (Lipinski definition) is 2. The first kappa shape index (κ1) is 35.4. The highest BCUT2D eigenvalue weighted by Crippen LogP contribution is 2.12. The summed E-state index contributed by atoms with van der Waals surface area (Å²) in [4.78, 5) is 11.9. The largest absolute Gasteiger partial charge is 0.466 e. The van der Waals surface area contributed by atoms with Crippen LogP contribution in [0, 0.1) is 0 Å². The molecule has 0 aliphatic carbocycles. The van der Waals surface area contributed by atoms with Crippen molar-refractivity contribution in [1.29, 1.82) is 0 Å². The summed E-state index contributed by atoms with van der Waals surface area (Å²) in [6, 6.07) is 0. The number of unbranched alkanes of at least 4 members (excludes halogenated alkanes) is 16. The average molecular weight is 515 g/mol. The van der Waals surface area contributed by atoms with Crippen molar-refractivity contribution < 1.29 is 9.53 Å². The first-order valence-corrected chi connectivity index (χ1v) is 16.1. The molecular formula is C35H62O2. The van der Waals surface area contributed by atoms with E-state index in [1.54, 1.807) is 0 Å². The van der Waals surface area contributed by atoms with Crippen LogP contribution in [0.3, 0.4) is 0 Å². The standard InChI is InChI=1S/C35H62O2/c1-3-5-7-9-11-13-15-17-18-19-20-21-23-25-27-29-31-33-35(36)37-34-32-30-28-26-24-22-16-14-12-10-8-6-4-2/h11,13,17-18,20-21,25,27H,3-10,12,14-16,19,22-24,26,28-34H2,1-2H3/b13-11-,18-17-,21-20-,27-25-. The van der Waals surface area contributed by atoms with Crippen LogP contribution in [-0.2, 0) is 9.53 Å². The van der Waals surface area contributed by atoms with E-state index in [-0.39, 0.29) is 5.97 Å². The van der Waals surface area contributed by atoms with Crippen LogP contribution in [0.2, 0.25) is 0 Å². The van der Waals surface area contributed by atoms with Gasteiger partial charge in [-0.25, -0.2) is 0 Å². The predicted octanol–water partition coefficient (Wildman–Crippen LogP) is 11.8. The summed E-state index contributed by atoms with van der Waals surface area (Å²) in [5, 5.41) is 0. The number of ether oxygens (including phenoxy) is 1. The Morgan fingerprint density at radius 3 is 1.32 bits per heavy atom. The number of allylic oxidation sites excluding steroid dienone is 8. The van der Waals surface area contributed by atoms with Crippen molar-refractivity contribution in [3.8, 4) is 0 Å². The van der Waals surface area contributed by atoms with Crippen LogP contribution >= 0.6 is 0 Å². The molecule has 0 aromatic carbocycles. The molecule has 2 heteroatoms. The summed E-state index contributed by atoms with van der Waals surface area (Å²) in [6.07, 6.45) is 45.8. The van der Waals surface area contributed by atoms with E-state index >= 15 is 0 Å². The maximum Gasteiger partial charge on any atom is 0.305 e. The fourth-order valence-corrected chi connectivity index (χ4v) is 4.30. The Morgan fingerprint density at radius 2 is 0.838 bits per heavy atom. The molecule has 0 heterocycles. The van der Waals surface area contributed by atoms with Gasteiger partial charge in [0.05, 0.1) is 6.61 Å². The minimum Gasteiger partial charge on any atom is -0.466 e. The van der Waals surface area contributed by atoms with Crippen LogP contribution in [0.15, 0.2) is 48.6 Å². The first-order valence-electron chi connectivity index (χ1n) is 16.1. The summed E-state index contributed by atoms with van der Waals surface area (Å²) in [7, 11) is 0. The maximum atomic E-state index is 11.9. The molecule has 0 fully saturated rings. The summed E-state index contributed by atoms with van der Waals surface area (Å²) in [6.45, 7) is 5.12. The molecule has 0 N–H and O–H groups in total. The zero-order valence-corrected chi connectivity index (χ0v) is 24.9. The Kier molecular flexibility index (Phi) is 31.1. The highest BCUT2D eigenvalue weighted by molar-refractivity contribution is 5.69. The molecule has 2 nitrogen and oxygen atoms in total. The summed E-state index contributed by atoms with van der Waals surface area (Å²) < 4.78 is 5.39. The number of hydrogen-bond donors (Lipinski definition) is 0. The molecule has 0 aliphatic rings. The van der Waals surface area contributed by atoms with Gasteiger partial charge in [0.2, 0.25) is 0 Å². The summed E-state index contributed by atoms with van der Waals surface area (Å²) >= 11 is 0. The van der Waals surface area contributed by atoms with Gasteiger partial charge in [-0.1, -0.05) is 152 Å². The molecule has 0 spiro atoms. The van der Waals surface area contributed by atoms with E-state index in [2.05, 4.69) is 62.5 Å². The van der Waals surface area contributed by atoms with Gasteiger partial charge < -0.3 is 4.74 Å². The van der Waals surface area contributed by atoms with Crippen LogP contribution in [0.25, 0.3) is 0 Å². The molecule has 0 bridgehead atoms. The second kappa shape index (κ2) is 32.5. The van der Waals surface area contributed by atoms with Gasteiger partial charge in [-0.2, -0.15) is 0 Å². The number of carbonyl (C=O) groups excluding carboxylic acids is 1. The second-order valence-corrected chi connectivity index (χ2v) is 10.4. The molecule has 0 saturated carbocycles. The number of rotatable bonds is 28. The van der Waals surface area contributed by atoms with Crippen molar-refractivity contribution in [3.63, 3.8) is 0 Å². The summed E-state index contributed by atoms with van der Waals surface area (Å²) in [5.41, 5.74) is 0. The molecule has 0 aromatic rings. The van der Waals surface area contributed by atoms with Crippen molar-refractivity contribution in [3.05, 3.63) is 48.6 Å².